The number of nitrogens with one attached hydrogen (secondary N) is 1. The standard InChI is InChI=1S/C7H9N3O2S/c1-10(2)5-3-4(7(11)12)6(13)9-8-5/h3H,1-2H3,(H,9,13)(H,11,12). The van der Waals surface area contributed by atoms with Gasteiger partial charge in [-0.25, -0.2) is 4.79 Å². The lowest BCUT2D eigenvalue weighted by molar-refractivity contribution is 0.0695. The van der Waals surface area contributed by atoms with Gasteiger partial charge in [-0.2, -0.15) is 5.10 Å². The highest BCUT2D eigenvalue weighted by Crippen LogP contribution is 2.09. The fraction of sp³-hybridized carbons (Fsp3) is 0.286. The van der Waals surface area contributed by atoms with Gasteiger partial charge in [0.25, 0.3) is 0 Å². The first-order chi connectivity index (χ1) is 6.02. The first-order valence-corrected chi connectivity index (χ1v) is 3.93. The van der Waals surface area contributed by atoms with Crippen molar-refractivity contribution in [3.05, 3.63) is 16.3 Å². The Morgan fingerprint density at radius 2 is 2.31 bits per heavy atom. The second-order valence-electron chi connectivity index (χ2n) is 2.67. The maximum atomic E-state index is 10.7. The molecule has 0 saturated heterocycles. The van der Waals surface area contributed by atoms with Crippen LogP contribution in [-0.2, 0) is 0 Å². The van der Waals surface area contributed by atoms with Gasteiger partial charge >= 0.3 is 5.97 Å². The van der Waals surface area contributed by atoms with Gasteiger partial charge in [-0.15, -0.1) is 0 Å². The van der Waals surface area contributed by atoms with Crippen LogP contribution in [-0.4, -0.2) is 35.4 Å². The molecule has 5 nitrogen and oxygen atoms in total. The Balaban J connectivity index is 3.27. The molecule has 0 aliphatic rings. The average molecular weight is 199 g/mol. The molecular weight excluding hydrogens is 190 g/mol. The number of H-pyrrole nitrogens is 1. The van der Waals surface area contributed by atoms with Crippen molar-refractivity contribution in [3.8, 4) is 0 Å². The summed E-state index contributed by atoms with van der Waals surface area (Å²) in [7, 11) is 3.54. The van der Waals surface area contributed by atoms with Crippen molar-refractivity contribution in [2.75, 3.05) is 19.0 Å². The number of anilines is 1. The van der Waals surface area contributed by atoms with Gasteiger partial charge in [-0.05, 0) is 6.07 Å². The summed E-state index contributed by atoms with van der Waals surface area (Å²) in [6, 6.07) is 1.43. The number of nitrogens with zero attached hydrogens (tertiary/aromatic N) is 2. The molecule has 1 aromatic heterocycles. The molecule has 0 atom stereocenters. The molecular formula is C7H9N3O2S. The molecule has 0 fully saturated rings. The summed E-state index contributed by atoms with van der Waals surface area (Å²) in [5.41, 5.74) is 0.0636. The van der Waals surface area contributed by atoms with Crippen molar-refractivity contribution < 1.29 is 9.90 Å². The fourth-order valence-corrected chi connectivity index (χ4v) is 0.975. The van der Waals surface area contributed by atoms with Crippen LogP contribution in [0.2, 0.25) is 0 Å². The number of carboxylic acids is 1. The van der Waals surface area contributed by atoms with E-state index >= 15 is 0 Å². The van der Waals surface area contributed by atoms with Crippen LogP contribution in [0, 0.1) is 4.64 Å². The maximum absolute atomic E-state index is 10.7. The second kappa shape index (κ2) is 3.53. The molecule has 0 bridgehead atoms. The third-order valence-electron chi connectivity index (χ3n) is 1.48. The molecule has 0 amide bonds. The van der Waals surface area contributed by atoms with Crippen molar-refractivity contribution in [2.45, 2.75) is 0 Å². The monoisotopic (exact) mass is 199 g/mol. The van der Waals surface area contributed by atoms with E-state index in [4.69, 9.17) is 17.3 Å². The molecule has 13 heavy (non-hydrogen) atoms. The molecule has 70 valence electrons. The Bertz CT molecular complexity index is 386. The SMILES string of the molecule is CN(C)c1cc(C(=O)O)c(=S)[nH]n1. The predicted molar refractivity (Wildman–Crippen MR) is 50.7 cm³/mol. The number of hydrogen-bond donors (Lipinski definition) is 2. The van der Waals surface area contributed by atoms with Gasteiger partial charge in [0.15, 0.2) is 0 Å². The lowest BCUT2D eigenvalue weighted by Gasteiger charge is -2.10. The molecule has 0 spiro atoms. The summed E-state index contributed by atoms with van der Waals surface area (Å²) >= 11 is 4.76. The molecule has 0 aliphatic heterocycles. The highest BCUT2D eigenvalue weighted by Gasteiger charge is 2.08. The van der Waals surface area contributed by atoms with E-state index in [0.29, 0.717) is 5.82 Å². The lowest BCUT2D eigenvalue weighted by Crippen LogP contribution is -2.13. The van der Waals surface area contributed by atoms with Gasteiger partial charge in [0.2, 0.25) is 0 Å². The zero-order chi connectivity index (χ0) is 10.0. The van der Waals surface area contributed by atoms with E-state index in [1.54, 1.807) is 19.0 Å². The fourth-order valence-electron chi connectivity index (χ4n) is 0.783. The van der Waals surface area contributed by atoms with E-state index in [1.165, 1.54) is 6.07 Å². The van der Waals surface area contributed by atoms with Crippen LogP contribution in [0.5, 0.6) is 0 Å². The number of aromatic amines is 1. The van der Waals surface area contributed by atoms with Gasteiger partial charge in [-0.3, -0.25) is 5.10 Å². The Morgan fingerprint density at radius 1 is 1.69 bits per heavy atom. The first kappa shape index (κ1) is 9.66. The maximum Gasteiger partial charge on any atom is 0.338 e. The van der Waals surface area contributed by atoms with Crippen LogP contribution in [0.25, 0.3) is 0 Å². The van der Waals surface area contributed by atoms with E-state index in [1.807, 2.05) is 0 Å². The quantitative estimate of drug-likeness (QED) is 0.693. The second-order valence-corrected chi connectivity index (χ2v) is 3.08. The van der Waals surface area contributed by atoms with Crippen molar-refractivity contribution in [3.63, 3.8) is 0 Å². The number of carbonyl (C=O) groups is 1. The first-order valence-electron chi connectivity index (χ1n) is 3.52. The molecule has 0 saturated carbocycles. The molecule has 1 rings (SSSR count). The van der Waals surface area contributed by atoms with Gasteiger partial charge in [0.05, 0.1) is 5.56 Å². The molecule has 0 aromatic carbocycles. The third kappa shape index (κ3) is 2.03. The van der Waals surface area contributed by atoms with Gasteiger partial charge in [0.1, 0.15) is 10.5 Å². The minimum Gasteiger partial charge on any atom is -0.478 e. The van der Waals surface area contributed by atoms with Crippen molar-refractivity contribution in [2.24, 2.45) is 0 Å². The topological polar surface area (TPSA) is 69.2 Å². The molecule has 1 aromatic rings. The Labute approximate surface area is 80.0 Å². The van der Waals surface area contributed by atoms with Crippen molar-refractivity contribution in [1.82, 2.24) is 10.2 Å². The number of rotatable bonds is 2. The summed E-state index contributed by atoms with van der Waals surface area (Å²) in [4.78, 5) is 12.4. The van der Waals surface area contributed by atoms with E-state index in [9.17, 15) is 4.79 Å². The average Bonchev–Trinajstić information content (AvgIpc) is 2.04. The summed E-state index contributed by atoms with van der Waals surface area (Å²) in [6.07, 6.45) is 0. The Kier molecular flexibility index (Phi) is 2.62. The van der Waals surface area contributed by atoms with Gasteiger partial charge in [-0.1, -0.05) is 12.2 Å². The van der Waals surface area contributed by atoms with Crippen LogP contribution < -0.4 is 4.90 Å². The van der Waals surface area contributed by atoms with Crippen LogP contribution in [0.4, 0.5) is 5.82 Å². The summed E-state index contributed by atoms with van der Waals surface area (Å²) in [5.74, 6) is -0.516. The Hall–Kier alpha value is -1.43. The lowest BCUT2D eigenvalue weighted by atomic mass is 10.3. The van der Waals surface area contributed by atoms with Crippen molar-refractivity contribution >= 4 is 24.0 Å². The molecule has 0 aliphatic carbocycles. The normalized spacial score (nSPS) is 9.69. The van der Waals surface area contributed by atoms with E-state index in [0.717, 1.165) is 0 Å². The van der Waals surface area contributed by atoms with Gasteiger partial charge in [0, 0.05) is 14.1 Å². The highest BCUT2D eigenvalue weighted by atomic mass is 32.1. The minimum atomic E-state index is -1.05. The van der Waals surface area contributed by atoms with Crippen molar-refractivity contribution in [1.29, 1.82) is 0 Å². The summed E-state index contributed by atoms with van der Waals surface area (Å²) in [6.45, 7) is 0. The third-order valence-corrected chi connectivity index (χ3v) is 1.79. The highest BCUT2D eigenvalue weighted by molar-refractivity contribution is 7.71. The van der Waals surface area contributed by atoms with Crippen LogP contribution in [0.3, 0.4) is 0 Å². The van der Waals surface area contributed by atoms with Gasteiger partial charge < -0.3 is 10.0 Å². The smallest absolute Gasteiger partial charge is 0.338 e. The number of aromatic carboxylic acids is 1. The van der Waals surface area contributed by atoms with E-state index in [-0.39, 0.29) is 10.2 Å². The van der Waals surface area contributed by atoms with Crippen LogP contribution >= 0.6 is 12.2 Å². The number of aromatic nitrogens is 2. The molecule has 6 heteroatoms. The number of hydrogen-bond acceptors (Lipinski definition) is 4. The summed E-state index contributed by atoms with van der Waals surface area (Å²) in [5, 5.41) is 15.1. The molecule has 2 N–H and O–H groups in total. The van der Waals surface area contributed by atoms with Crippen LogP contribution in [0.1, 0.15) is 10.4 Å². The van der Waals surface area contributed by atoms with E-state index in [2.05, 4.69) is 10.2 Å². The zero-order valence-electron chi connectivity index (χ0n) is 7.24. The minimum absolute atomic E-state index is 0.0636. The Morgan fingerprint density at radius 3 is 2.77 bits per heavy atom. The molecule has 0 unspecified atom stereocenters. The predicted octanol–water partition coefficient (Wildman–Crippen LogP) is 0.903. The number of carboxylic acid groups (broad SMARTS) is 1. The largest absolute Gasteiger partial charge is 0.478 e. The molecule has 0 radical (unpaired) electrons. The van der Waals surface area contributed by atoms with E-state index < -0.39 is 5.97 Å². The molecule has 1 heterocycles. The zero-order valence-corrected chi connectivity index (χ0v) is 8.05. The summed E-state index contributed by atoms with van der Waals surface area (Å²) < 4.78 is 0.137. The van der Waals surface area contributed by atoms with Crippen LogP contribution in [0.15, 0.2) is 6.07 Å².